The van der Waals surface area contributed by atoms with Gasteiger partial charge in [-0.2, -0.15) is 5.53 Å². The van der Waals surface area contributed by atoms with Gasteiger partial charge in [0, 0.05) is 6.54 Å². The van der Waals surface area contributed by atoms with E-state index in [1.807, 2.05) is 0 Å². The van der Waals surface area contributed by atoms with E-state index in [9.17, 15) is 4.79 Å². The van der Waals surface area contributed by atoms with Crippen LogP contribution in [0.3, 0.4) is 0 Å². The van der Waals surface area contributed by atoms with E-state index in [2.05, 4.69) is 23.3 Å². The number of carbonyl (C=O) groups is 1. The van der Waals surface area contributed by atoms with Gasteiger partial charge in [0.05, 0.1) is 17.7 Å². The van der Waals surface area contributed by atoms with Crippen LogP contribution < -0.4 is 16.4 Å². The number of ether oxygens (including phenoxy) is 1. The minimum absolute atomic E-state index is 0.109. The lowest BCUT2D eigenvalue weighted by Gasteiger charge is -2.08. The van der Waals surface area contributed by atoms with Crippen molar-refractivity contribution in [2.75, 3.05) is 18.9 Å². The molecule has 1 aliphatic heterocycles. The normalized spacial score (nSPS) is 19.1. The summed E-state index contributed by atoms with van der Waals surface area (Å²) >= 11 is 1.56. The quantitative estimate of drug-likeness (QED) is 0.415. The monoisotopic (exact) mass is 275 g/mol. The third-order valence-corrected chi connectivity index (χ3v) is 3.86. The maximum Gasteiger partial charge on any atom is 0.315 e. The van der Waals surface area contributed by atoms with Gasteiger partial charge in [-0.3, -0.25) is 4.79 Å². The van der Waals surface area contributed by atoms with Crippen LogP contribution in [0.4, 0.5) is 0 Å². The van der Waals surface area contributed by atoms with Crippen LogP contribution in [0.25, 0.3) is 0 Å². The van der Waals surface area contributed by atoms with Crippen LogP contribution in [0.1, 0.15) is 45.4 Å². The summed E-state index contributed by atoms with van der Waals surface area (Å²) in [5.74, 6) is 0.305. The molecule has 106 valence electrons. The van der Waals surface area contributed by atoms with Crippen molar-refractivity contribution in [1.29, 1.82) is 0 Å². The zero-order chi connectivity index (χ0) is 13.1. The molecule has 1 aliphatic rings. The minimum atomic E-state index is -0.109. The fourth-order valence-corrected chi connectivity index (χ4v) is 2.47. The Kier molecular flexibility index (Phi) is 9.28. The lowest BCUT2D eigenvalue weighted by atomic mass is 10.1. The smallest absolute Gasteiger partial charge is 0.315 e. The first-order chi connectivity index (χ1) is 8.83. The van der Waals surface area contributed by atoms with Crippen molar-refractivity contribution < 1.29 is 9.53 Å². The van der Waals surface area contributed by atoms with Gasteiger partial charge >= 0.3 is 5.97 Å². The highest BCUT2D eigenvalue weighted by molar-refractivity contribution is 8.00. The largest absolute Gasteiger partial charge is 0.465 e. The highest BCUT2D eigenvalue weighted by Gasteiger charge is 2.15. The van der Waals surface area contributed by atoms with E-state index in [0.717, 1.165) is 13.0 Å². The average molecular weight is 275 g/mol. The molecule has 1 rings (SSSR count). The van der Waals surface area contributed by atoms with Crippen LogP contribution in [0.2, 0.25) is 0 Å². The molecular formula is C12H25N3O2S. The SMILES string of the molecule is CCCCCCCCOC(=O)CSC1CNNN1. The van der Waals surface area contributed by atoms with E-state index in [1.54, 1.807) is 11.8 Å². The molecule has 1 atom stereocenters. The minimum Gasteiger partial charge on any atom is -0.465 e. The molecule has 5 nitrogen and oxygen atoms in total. The molecule has 0 aromatic heterocycles. The Morgan fingerprint density at radius 1 is 1.28 bits per heavy atom. The predicted molar refractivity (Wildman–Crippen MR) is 74.9 cm³/mol. The molecule has 1 saturated heterocycles. The Labute approximate surface area is 114 Å². The van der Waals surface area contributed by atoms with E-state index in [4.69, 9.17) is 4.74 Å². The number of hydrazine groups is 2. The summed E-state index contributed by atoms with van der Waals surface area (Å²) in [5, 5.41) is 0.242. The summed E-state index contributed by atoms with van der Waals surface area (Å²) in [4.78, 5) is 11.4. The summed E-state index contributed by atoms with van der Waals surface area (Å²) < 4.78 is 5.18. The number of carbonyl (C=O) groups excluding carboxylic acids is 1. The number of hydrogen-bond acceptors (Lipinski definition) is 6. The Balaban J connectivity index is 1.84. The fraction of sp³-hybridized carbons (Fsp3) is 0.917. The first kappa shape index (κ1) is 15.8. The maximum absolute atomic E-state index is 11.4. The van der Waals surface area contributed by atoms with Crippen LogP contribution in [0, 0.1) is 0 Å². The molecule has 6 heteroatoms. The summed E-state index contributed by atoms with van der Waals surface area (Å²) in [6.45, 7) is 3.60. The molecule has 0 radical (unpaired) electrons. The molecule has 1 fully saturated rings. The van der Waals surface area contributed by atoms with Crippen LogP contribution in [0.15, 0.2) is 0 Å². The molecule has 0 spiro atoms. The lowest BCUT2D eigenvalue weighted by molar-refractivity contribution is -0.140. The Morgan fingerprint density at radius 2 is 2.06 bits per heavy atom. The third kappa shape index (κ3) is 7.92. The molecule has 18 heavy (non-hydrogen) atoms. The number of nitrogens with one attached hydrogen (secondary N) is 3. The topological polar surface area (TPSA) is 62.4 Å². The van der Waals surface area contributed by atoms with Crippen LogP contribution >= 0.6 is 11.8 Å². The summed E-state index contributed by atoms with van der Waals surface area (Å²) in [6, 6.07) is 0. The molecule has 0 bridgehead atoms. The fourth-order valence-electron chi connectivity index (χ4n) is 1.71. The number of thioether (sulfide) groups is 1. The molecular weight excluding hydrogens is 250 g/mol. The predicted octanol–water partition coefficient (Wildman–Crippen LogP) is 1.56. The van der Waals surface area contributed by atoms with Crippen molar-refractivity contribution in [2.24, 2.45) is 0 Å². The van der Waals surface area contributed by atoms with Gasteiger partial charge in [-0.15, -0.1) is 11.8 Å². The van der Waals surface area contributed by atoms with E-state index in [1.165, 1.54) is 32.1 Å². The summed E-state index contributed by atoms with van der Waals surface area (Å²) in [5.41, 5.74) is 8.74. The number of esters is 1. The Morgan fingerprint density at radius 3 is 2.78 bits per heavy atom. The molecule has 1 heterocycles. The van der Waals surface area contributed by atoms with E-state index >= 15 is 0 Å². The zero-order valence-electron chi connectivity index (χ0n) is 11.2. The van der Waals surface area contributed by atoms with Gasteiger partial charge in [-0.1, -0.05) is 39.0 Å². The Bertz CT molecular complexity index is 223. The molecule has 0 aromatic rings. The number of rotatable bonds is 10. The average Bonchev–Trinajstić information content (AvgIpc) is 2.88. The van der Waals surface area contributed by atoms with Gasteiger partial charge in [0.2, 0.25) is 0 Å². The summed E-state index contributed by atoms with van der Waals surface area (Å²) in [7, 11) is 0. The molecule has 0 saturated carbocycles. The maximum atomic E-state index is 11.4. The molecule has 1 unspecified atom stereocenters. The van der Waals surface area contributed by atoms with Crippen molar-refractivity contribution in [3.63, 3.8) is 0 Å². The van der Waals surface area contributed by atoms with Crippen molar-refractivity contribution in [1.82, 2.24) is 16.4 Å². The molecule has 0 amide bonds. The second-order valence-electron chi connectivity index (χ2n) is 4.44. The van der Waals surface area contributed by atoms with Gasteiger partial charge in [-0.25, -0.2) is 10.9 Å². The van der Waals surface area contributed by atoms with Crippen LogP contribution in [-0.4, -0.2) is 30.2 Å². The molecule has 3 N–H and O–H groups in total. The third-order valence-electron chi connectivity index (χ3n) is 2.77. The van der Waals surface area contributed by atoms with Crippen molar-refractivity contribution in [3.8, 4) is 0 Å². The molecule has 0 aromatic carbocycles. The van der Waals surface area contributed by atoms with Crippen LogP contribution in [-0.2, 0) is 9.53 Å². The highest BCUT2D eigenvalue weighted by Crippen LogP contribution is 2.09. The van der Waals surface area contributed by atoms with Crippen molar-refractivity contribution in [3.05, 3.63) is 0 Å². The van der Waals surface area contributed by atoms with Gasteiger partial charge < -0.3 is 4.74 Å². The number of unbranched alkanes of at least 4 members (excludes halogenated alkanes) is 5. The van der Waals surface area contributed by atoms with Crippen LogP contribution in [0.5, 0.6) is 0 Å². The van der Waals surface area contributed by atoms with Gasteiger partial charge in [0.15, 0.2) is 0 Å². The zero-order valence-corrected chi connectivity index (χ0v) is 12.0. The highest BCUT2D eigenvalue weighted by atomic mass is 32.2. The van der Waals surface area contributed by atoms with E-state index in [0.29, 0.717) is 12.4 Å². The van der Waals surface area contributed by atoms with E-state index in [-0.39, 0.29) is 11.3 Å². The first-order valence-corrected chi connectivity index (χ1v) is 7.88. The Hall–Kier alpha value is -0.300. The van der Waals surface area contributed by atoms with Crippen molar-refractivity contribution >= 4 is 17.7 Å². The first-order valence-electron chi connectivity index (χ1n) is 6.83. The molecule has 0 aliphatic carbocycles. The summed E-state index contributed by atoms with van der Waals surface area (Å²) in [6.07, 6.45) is 7.29. The second kappa shape index (κ2) is 10.6. The van der Waals surface area contributed by atoms with E-state index < -0.39 is 0 Å². The van der Waals surface area contributed by atoms with Gasteiger partial charge in [-0.05, 0) is 6.42 Å². The van der Waals surface area contributed by atoms with Gasteiger partial charge in [0.1, 0.15) is 0 Å². The number of hydrogen-bond donors (Lipinski definition) is 3. The lowest BCUT2D eigenvalue weighted by Crippen LogP contribution is -2.32. The standard InChI is InChI=1S/C12H25N3O2S/c1-2-3-4-5-6-7-8-17-12(16)10-18-11-9-13-15-14-11/h11,13-15H,2-10H2,1H3. The van der Waals surface area contributed by atoms with Crippen molar-refractivity contribution in [2.45, 2.75) is 50.8 Å². The van der Waals surface area contributed by atoms with Gasteiger partial charge in [0.25, 0.3) is 0 Å². The second-order valence-corrected chi connectivity index (χ2v) is 5.63.